The van der Waals surface area contributed by atoms with E-state index in [0.29, 0.717) is 24.3 Å². The first-order valence-corrected chi connectivity index (χ1v) is 6.54. The quantitative estimate of drug-likeness (QED) is 0.728. The van der Waals surface area contributed by atoms with Crippen molar-refractivity contribution in [1.82, 2.24) is 9.97 Å². The lowest BCUT2D eigenvalue weighted by Crippen LogP contribution is -2.12. The summed E-state index contributed by atoms with van der Waals surface area (Å²) in [5, 5.41) is 3.26. The minimum atomic E-state index is 0.530. The SMILES string of the molecule is CCCOc1cc(NCC(C)CCCl)ncn1. The molecule has 1 atom stereocenters. The third kappa shape index (κ3) is 5.73. The molecule has 17 heavy (non-hydrogen) atoms. The Hall–Kier alpha value is -1.03. The summed E-state index contributed by atoms with van der Waals surface area (Å²) < 4.78 is 5.44. The van der Waals surface area contributed by atoms with Crippen LogP contribution in [0.1, 0.15) is 26.7 Å². The molecule has 0 aromatic carbocycles. The highest BCUT2D eigenvalue weighted by atomic mass is 35.5. The number of anilines is 1. The maximum absolute atomic E-state index is 5.69. The van der Waals surface area contributed by atoms with E-state index in [1.807, 2.05) is 6.07 Å². The Morgan fingerprint density at radius 3 is 3.00 bits per heavy atom. The van der Waals surface area contributed by atoms with Crippen LogP contribution in [0, 0.1) is 5.92 Å². The smallest absolute Gasteiger partial charge is 0.218 e. The van der Waals surface area contributed by atoms with Crippen LogP contribution in [0.15, 0.2) is 12.4 Å². The molecule has 1 rings (SSSR count). The van der Waals surface area contributed by atoms with E-state index in [-0.39, 0.29) is 0 Å². The van der Waals surface area contributed by atoms with E-state index in [1.54, 1.807) is 0 Å². The number of hydrogen-bond acceptors (Lipinski definition) is 4. The second kappa shape index (κ2) is 8.12. The average molecular weight is 258 g/mol. The molecule has 0 spiro atoms. The first-order valence-electron chi connectivity index (χ1n) is 6.01. The van der Waals surface area contributed by atoms with Gasteiger partial charge < -0.3 is 10.1 Å². The van der Waals surface area contributed by atoms with Gasteiger partial charge in [0.25, 0.3) is 0 Å². The summed E-state index contributed by atoms with van der Waals surface area (Å²) >= 11 is 5.69. The number of nitrogens with one attached hydrogen (secondary N) is 1. The Labute approximate surface area is 108 Å². The molecule has 0 amide bonds. The van der Waals surface area contributed by atoms with Crippen molar-refractivity contribution in [2.45, 2.75) is 26.7 Å². The van der Waals surface area contributed by atoms with Crippen molar-refractivity contribution in [2.24, 2.45) is 5.92 Å². The van der Waals surface area contributed by atoms with Crippen molar-refractivity contribution >= 4 is 17.4 Å². The van der Waals surface area contributed by atoms with Gasteiger partial charge in [0.05, 0.1) is 6.61 Å². The molecule has 0 aliphatic carbocycles. The lowest BCUT2D eigenvalue weighted by atomic mass is 10.1. The Kier molecular flexibility index (Phi) is 6.70. The first-order chi connectivity index (χ1) is 8.26. The number of aromatic nitrogens is 2. The van der Waals surface area contributed by atoms with Crippen LogP contribution in [0.3, 0.4) is 0 Å². The molecule has 0 aliphatic heterocycles. The number of nitrogens with zero attached hydrogens (tertiary/aromatic N) is 2. The van der Waals surface area contributed by atoms with E-state index < -0.39 is 0 Å². The van der Waals surface area contributed by atoms with Gasteiger partial charge in [-0.25, -0.2) is 9.97 Å². The highest BCUT2D eigenvalue weighted by Crippen LogP contribution is 2.12. The molecule has 0 fully saturated rings. The fourth-order valence-corrected chi connectivity index (χ4v) is 1.66. The molecule has 0 aliphatic rings. The van der Waals surface area contributed by atoms with E-state index in [9.17, 15) is 0 Å². The van der Waals surface area contributed by atoms with E-state index in [0.717, 1.165) is 25.2 Å². The lowest BCUT2D eigenvalue weighted by molar-refractivity contribution is 0.305. The van der Waals surface area contributed by atoms with Crippen molar-refractivity contribution in [3.8, 4) is 5.88 Å². The second-order valence-electron chi connectivity index (χ2n) is 4.05. The van der Waals surface area contributed by atoms with Crippen LogP contribution in [0.4, 0.5) is 5.82 Å². The standard InChI is InChI=1S/C12H20ClN3O/c1-3-6-17-12-7-11(15-9-16-12)14-8-10(2)4-5-13/h7,9-10H,3-6,8H2,1-2H3,(H,14,15,16). The number of ether oxygens (including phenoxy) is 1. The highest BCUT2D eigenvalue weighted by Gasteiger charge is 2.03. The minimum absolute atomic E-state index is 0.530. The van der Waals surface area contributed by atoms with Gasteiger partial charge in [-0.2, -0.15) is 0 Å². The lowest BCUT2D eigenvalue weighted by Gasteiger charge is -2.11. The Morgan fingerprint density at radius 1 is 1.47 bits per heavy atom. The van der Waals surface area contributed by atoms with Gasteiger partial charge >= 0.3 is 0 Å². The van der Waals surface area contributed by atoms with Crippen molar-refractivity contribution in [3.05, 3.63) is 12.4 Å². The summed E-state index contributed by atoms with van der Waals surface area (Å²) in [6, 6.07) is 1.82. The summed E-state index contributed by atoms with van der Waals surface area (Å²) in [7, 11) is 0. The fourth-order valence-electron chi connectivity index (χ4n) is 1.29. The van der Waals surface area contributed by atoms with Gasteiger partial charge in [0.15, 0.2) is 0 Å². The summed E-state index contributed by atoms with van der Waals surface area (Å²) in [6.45, 7) is 5.76. The largest absolute Gasteiger partial charge is 0.478 e. The molecule has 0 bridgehead atoms. The molecule has 0 saturated carbocycles. The highest BCUT2D eigenvalue weighted by molar-refractivity contribution is 6.17. The van der Waals surface area contributed by atoms with Crippen molar-refractivity contribution in [1.29, 1.82) is 0 Å². The predicted molar refractivity (Wildman–Crippen MR) is 70.8 cm³/mol. The van der Waals surface area contributed by atoms with Gasteiger partial charge in [0.1, 0.15) is 12.1 Å². The summed E-state index contributed by atoms with van der Waals surface area (Å²) in [6.07, 6.45) is 3.48. The maximum Gasteiger partial charge on any atom is 0.218 e. The number of rotatable bonds is 8. The molecule has 0 saturated heterocycles. The van der Waals surface area contributed by atoms with E-state index in [2.05, 4.69) is 29.1 Å². The fraction of sp³-hybridized carbons (Fsp3) is 0.667. The molecule has 0 radical (unpaired) electrons. The third-order valence-electron chi connectivity index (χ3n) is 2.33. The van der Waals surface area contributed by atoms with Gasteiger partial charge in [-0.05, 0) is 18.8 Å². The van der Waals surface area contributed by atoms with Crippen LogP contribution < -0.4 is 10.1 Å². The summed E-state index contributed by atoms with van der Waals surface area (Å²) in [5.74, 6) is 2.64. The first kappa shape index (κ1) is 14.0. The zero-order chi connectivity index (χ0) is 12.5. The van der Waals surface area contributed by atoms with Gasteiger partial charge in [0.2, 0.25) is 5.88 Å². The van der Waals surface area contributed by atoms with Gasteiger partial charge in [0, 0.05) is 18.5 Å². The molecule has 1 N–H and O–H groups in total. The Bertz CT molecular complexity index is 322. The summed E-state index contributed by atoms with van der Waals surface area (Å²) in [5.41, 5.74) is 0. The average Bonchev–Trinajstić information content (AvgIpc) is 2.35. The molecule has 96 valence electrons. The molecule has 1 aromatic heterocycles. The van der Waals surface area contributed by atoms with Crippen molar-refractivity contribution < 1.29 is 4.74 Å². The monoisotopic (exact) mass is 257 g/mol. The van der Waals surface area contributed by atoms with Gasteiger partial charge in [-0.3, -0.25) is 0 Å². The molecular weight excluding hydrogens is 238 g/mol. The molecule has 1 heterocycles. The summed E-state index contributed by atoms with van der Waals surface area (Å²) in [4.78, 5) is 8.19. The van der Waals surface area contributed by atoms with Crippen LogP contribution in [0.5, 0.6) is 5.88 Å². The topological polar surface area (TPSA) is 47.0 Å². The Morgan fingerprint density at radius 2 is 2.29 bits per heavy atom. The minimum Gasteiger partial charge on any atom is -0.478 e. The molecular formula is C12H20ClN3O. The molecule has 4 nitrogen and oxygen atoms in total. The third-order valence-corrected chi connectivity index (χ3v) is 2.55. The van der Waals surface area contributed by atoms with Crippen molar-refractivity contribution in [2.75, 3.05) is 24.3 Å². The van der Waals surface area contributed by atoms with E-state index in [1.165, 1.54) is 6.33 Å². The normalized spacial score (nSPS) is 12.2. The Balaban J connectivity index is 2.42. The zero-order valence-corrected chi connectivity index (χ0v) is 11.2. The van der Waals surface area contributed by atoms with Crippen LogP contribution in [0.25, 0.3) is 0 Å². The van der Waals surface area contributed by atoms with Crippen LogP contribution in [-0.2, 0) is 0 Å². The number of alkyl halides is 1. The second-order valence-corrected chi connectivity index (χ2v) is 4.43. The van der Waals surface area contributed by atoms with Crippen LogP contribution >= 0.6 is 11.6 Å². The molecule has 5 heteroatoms. The predicted octanol–water partition coefficient (Wildman–Crippen LogP) is 2.94. The number of hydrogen-bond donors (Lipinski definition) is 1. The zero-order valence-electron chi connectivity index (χ0n) is 10.4. The molecule has 1 aromatic rings. The van der Waals surface area contributed by atoms with Gasteiger partial charge in [-0.15, -0.1) is 11.6 Å². The molecule has 1 unspecified atom stereocenters. The maximum atomic E-state index is 5.69. The van der Waals surface area contributed by atoms with Crippen LogP contribution in [0.2, 0.25) is 0 Å². The van der Waals surface area contributed by atoms with Gasteiger partial charge in [-0.1, -0.05) is 13.8 Å². The van der Waals surface area contributed by atoms with Crippen LogP contribution in [-0.4, -0.2) is 29.0 Å². The van der Waals surface area contributed by atoms with Crippen molar-refractivity contribution in [3.63, 3.8) is 0 Å². The van der Waals surface area contributed by atoms with E-state index >= 15 is 0 Å². The number of halogens is 1. The van der Waals surface area contributed by atoms with E-state index in [4.69, 9.17) is 16.3 Å².